The van der Waals surface area contributed by atoms with Gasteiger partial charge in [0.05, 0.1) is 11.2 Å². The van der Waals surface area contributed by atoms with Crippen molar-refractivity contribution in [1.82, 2.24) is 10.3 Å². The highest BCUT2D eigenvalue weighted by molar-refractivity contribution is 9.10. The fourth-order valence-corrected chi connectivity index (χ4v) is 3.49. The van der Waals surface area contributed by atoms with Gasteiger partial charge in [0.25, 0.3) is 0 Å². The van der Waals surface area contributed by atoms with Gasteiger partial charge in [-0.25, -0.2) is 4.98 Å². The SMILES string of the molecule is CCCNC1CC(c2cscn2)Oc2ccc(Br)cc21. The van der Waals surface area contributed by atoms with Crippen LogP contribution in [0.15, 0.2) is 33.6 Å². The van der Waals surface area contributed by atoms with E-state index in [4.69, 9.17) is 4.74 Å². The van der Waals surface area contributed by atoms with Crippen molar-refractivity contribution in [2.45, 2.75) is 31.9 Å². The van der Waals surface area contributed by atoms with Gasteiger partial charge in [0, 0.05) is 27.9 Å². The van der Waals surface area contributed by atoms with E-state index in [2.05, 4.69) is 44.6 Å². The van der Waals surface area contributed by atoms with Gasteiger partial charge in [0.2, 0.25) is 0 Å². The van der Waals surface area contributed by atoms with Crippen molar-refractivity contribution in [2.75, 3.05) is 6.54 Å². The Bertz CT molecular complexity index is 573. The van der Waals surface area contributed by atoms with Crippen molar-refractivity contribution in [3.8, 4) is 5.75 Å². The highest BCUT2D eigenvalue weighted by Crippen LogP contribution is 2.41. The van der Waals surface area contributed by atoms with E-state index in [0.717, 1.165) is 35.3 Å². The molecular weight excluding hydrogens is 336 g/mol. The van der Waals surface area contributed by atoms with Gasteiger partial charge < -0.3 is 10.1 Å². The zero-order valence-electron chi connectivity index (χ0n) is 11.3. The lowest BCUT2D eigenvalue weighted by atomic mass is 9.95. The van der Waals surface area contributed by atoms with E-state index in [1.54, 1.807) is 11.3 Å². The average Bonchev–Trinajstić information content (AvgIpc) is 2.99. The van der Waals surface area contributed by atoms with E-state index in [-0.39, 0.29) is 6.10 Å². The van der Waals surface area contributed by atoms with Crippen LogP contribution in [-0.2, 0) is 0 Å². The molecule has 0 aliphatic carbocycles. The third kappa shape index (κ3) is 2.90. The van der Waals surface area contributed by atoms with Crippen LogP contribution in [0, 0.1) is 0 Å². The van der Waals surface area contributed by atoms with Crippen molar-refractivity contribution in [1.29, 1.82) is 0 Å². The van der Waals surface area contributed by atoms with Crippen molar-refractivity contribution in [3.05, 3.63) is 44.8 Å². The Hall–Kier alpha value is -0.910. The summed E-state index contributed by atoms with van der Waals surface area (Å²) in [6.07, 6.45) is 2.10. The van der Waals surface area contributed by atoms with Crippen LogP contribution in [0.5, 0.6) is 5.75 Å². The van der Waals surface area contributed by atoms with Crippen molar-refractivity contribution < 1.29 is 4.74 Å². The molecule has 0 saturated heterocycles. The predicted molar refractivity (Wildman–Crippen MR) is 85.3 cm³/mol. The number of nitrogens with one attached hydrogen (secondary N) is 1. The van der Waals surface area contributed by atoms with Crippen molar-refractivity contribution in [3.63, 3.8) is 0 Å². The summed E-state index contributed by atoms with van der Waals surface area (Å²) >= 11 is 5.16. The lowest BCUT2D eigenvalue weighted by Crippen LogP contribution is -2.29. The Morgan fingerprint density at radius 1 is 1.50 bits per heavy atom. The van der Waals surface area contributed by atoms with Gasteiger partial charge in [-0.2, -0.15) is 0 Å². The molecule has 0 fully saturated rings. The Morgan fingerprint density at radius 3 is 3.15 bits per heavy atom. The largest absolute Gasteiger partial charge is 0.484 e. The quantitative estimate of drug-likeness (QED) is 0.881. The number of rotatable bonds is 4. The van der Waals surface area contributed by atoms with Gasteiger partial charge in [-0.3, -0.25) is 0 Å². The Morgan fingerprint density at radius 2 is 2.40 bits per heavy atom. The number of fused-ring (bicyclic) bond motifs is 1. The minimum Gasteiger partial charge on any atom is -0.484 e. The maximum absolute atomic E-state index is 6.12. The number of hydrogen-bond acceptors (Lipinski definition) is 4. The number of thiazole rings is 1. The first-order chi connectivity index (χ1) is 9.78. The fraction of sp³-hybridized carbons (Fsp3) is 0.400. The number of benzene rings is 1. The molecule has 3 nitrogen and oxygen atoms in total. The maximum Gasteiger partial charge on any atom is 0.143 e. The van der Waals surface area contributed by atoms with Crippen LogP contribution in [-0.4, -0.2) is 11.5 Å². The monoisotopic (exact) mass is 352 g/mol. The van der Waals surface area contributed by atoms with Crippen molar-refractivity contribution >= 4 is 27.3 Å². The molecule has 0 radical (unpaired) electrons. The van der Waals surface area contributed by atoms with E-state index >= 15 is 0 Å². The minimum absolute atomic E-state index is 0.0456. The van der Waals surface area contributed by atoms with Crippen LogP contribution in [0.1, 0.15) is 43.2 Å². The smallest absolute Gasteiger partial charge is 0.143 e. The summed E-state index contributed by atoms with van der Waals surface area (Å²) < 4.78 is 7.22. The highest BCUT2D eigenvalue weighted by atomic mass is 79.9. The molecule has 2 heterocycles. The number of halogens is 1. The second-order valence-electron chi connectivity index (χ2n) is 4.94. The summed E-state index contributed by atoms with van der Waals surface area (Å²) in [6, 6.07) is 6.54. The lowest BCUT2D eigenvalue weighted by Gasteiger charge is -2.32. The second kappa shape index (κ2) is 6.24. The number of aromatic nitrogens is 1. The molecule has 0 amide bonds. The predicted octanol–water partition coefficient (Wildman–Crippen LogP) is 4.47. The topological polar surface area (TPSA) is 34.2 Å². The van der Waals surface area contributed by atoms with E-state index < -0.39 is 0 Å². The van der Waals surface area contributed by atoms with Gasteiger partial charge in [0.15, 0.2) is 0 Å². The number of ether oxygens (including phenoxy) is 1. The van der Waals surface area contributed by atoms with Crippen molar-refractivity contribution in [2.24, 2.45) is 0 Å². The Labute approximate surface area is 131 Å². The molecule has 2 unspecified atom stereocenters. The first-order valence-electron chi connectivity index (χ1n) is 6.85. The molecule has 1 aromatic carbocycles. The minimum atomic E-state index is 0.0456. The molecule has 1 aliphatic rings. The number of nitrogens with zero attached hydrogens (tertiary/aromatic N) is 1. The van der Waals surface area contributed by atoms with Crippen LogP contribution in [0.2, 0.25) is 0 Å². The summed E-state index contributed by atoms with van der Waals surface area (Å²) in [5.74, 6) is 0.964. The molecule has 0 spiro atoms. The van der Waals surface area contributed by atoms with Gasteiger partial charge in [-0.1, -0.05) is 22.9 Å². The molecule has 5 heteroatoms. The first-order valence-corrected chi connectivity index (χ1v) is 8.59. The van der Waals surface area contributed by atoms with Crippen LogP contribution in [0.25, 0.3) is 0 Å². The maximum atomic E-state index is 6.12. The zero-order chi connectivity index (χ0) is 13.9. The standard InChI is InChI=1S/C15H17BrN2OS/c1-2-5-17-12-7-15(13-8-20-9-18-13)19-14-4-3-10(16)6-11(12)14/h3-4,6,8-9,12,15,17H,2,5,7H2,1H3. The third-order valence-electron chi connectivity index (χ3n) is 3.49. The third-order valence-corrected chi connectivity index (χ3v) is 4.59. The van der Waals surface area contributed by atoms with Gasteiger partial charge in [-0.05, 0) is 31.2 Å². The summed E-state index contributed by atoms with van der Waals surface area (Å²) in [5.41, 5.74) is 4.13. The van der Waals surface area contributed by atoms with Crippen LogP contribution < -0.4 is 10.1 Å². The van der Waals surface area contributed by atoms with E-state index in [1.807, 2.05) is 17.6 Å². The molecule has 0 saturated carbocycles. The molecular formula is C15H17BrN2OS. The Kier molecular flexibility index (Phi) is 4.38. The molecule has 106 valence electrons. The van der Waals surface area contributed by atoms with Gasteiger partial charge >= 0.3 is 0 Å². The van der Waals surface area contributed by atoms with E-state index in [0.29, 0.717) is 6.04 Å². The highest BCUT2D eigenvalue weighted by Gasteiger charge is 2.30. The average molecular weight is 353 g/mol. The van der Waals surface area contributed by atoms with Gasteiger partial charge in [-0.15, -0.1) is 11.3 Å². The summed E-state index contributed by atoms with van der Waals surface area (Å²) in [7, 11) is 0. The normalized spacial score (nSPS) is 21.3. The number of hydrogen-bond donors (Lipinski definition) is 1. The molecule has 3 rings (SSSR count). The molecule has 2 atom stereocenters. The van der Waals surface area contributed by atoms with E-state index in [1.165, 1.54) is 5.56 Å². The van der Waals surface area contributed by atoms with Crippen LogP contribution in [0.3, 0.4) is 0 Å². The molecule has 2 aromatic rings. The second-order valence-corrected chi connectivity index (χ2v) is 6.58. The fourth-order valence-electron chi connectivity index (χ4n) is 2.52. The molecule has 20 heavy (non-hydrogen) atoms. The Balaban J connectivity index is 1.90. The molecule has 0 bridgehead atoms. The van der Waals surface area contributed by atoms with Crippen LogP contribution in [0.4, 0.5) is 0 Å². The zero-order valence-corrected chi connectivity index (χ0v) is 13.7. The summed E-state index contributed by atoms with van der Waals surface area (Å²) in [4.78, 5) is 4.40. The van der Waals surface area contributed by atoms with Crippen LogP contribution >= 0.6 is 27.3 Å². The van der Waals surface area contributed by atoms with Gasteiger partial charge in [0.1, 0.15) is 11.9 Å². The molecule has 1 N–H and O–H groups in total. The first kappa shape index (κ1) is 14.0. The van der Waals surface area contributed by atoms with E-state index in [9.17, 15) is 0 Å². The molecule has 1 aromatic heterocycles. The lowest BCUT2D eigenvalue weighted by molar-refractivity contribution is 0.148. The summed E-state index contributed by atoms with van der Waals surface area (Å²) in [5, 5.41) is 5.70. The molecule has 1 aliphatic heterocycles. The summed E-state index contributed by atoms with van der Waals surface area (Å²) in [6.45, 7) is 3.20.